The second-order valence-corrected chi connectivity index (χ2v) is 5.56. The van der Waals surface area contributed by atoms with Crippen molar-refractivity contribution in [1.29, 1.82) is 0 Å². The summed E-state index contributed by atoms with van der Waals surface area (Å²) in [4.78, 5) is 3.90. The highest BCUT2D eigenvalue weighted by atomic mass is 32.2. The Labute approximate surface area is 93.9 Å². The molecule has 1 saturated carbocycles. The van der Waals surface area contributed by atoms with Gasteiger partial charge in [-0.1, -0.05) is 0 Å². The summed E-state index contributed by atoms with van der Waals surface area (Å²) in [5.74, 6) is 0.566. The zero-order valence-corrected chi connectivity index (χ0v) is 9.62. The smallest absolute Gasteiger partial charge is 0.231 e. The molecule has 16 heavy (non-hydrogen) atoms. The Balaban J connectivity index is 2.27. The van der Waals surface area contributed by atoms with Crippen molar-refractivity contribution in [3.63, 3.8) is 0 Å². The summed E-state index contributed by atoms with van der Waals surface area (Å²) in [7, 11) is -3.36. The van der Waals surface area contributed by atoms with Crippen molar-refractivity contribution in [3.05, 3.63) is 12.3 Å². The summed E-state index contributed by atoms with van der Waals surface area (Å²) >= 11 is 0. The van der Waals surface area contributed by atoms with Gasteiger partial charge in [-0.15, -0.1) is 0 Å². The van der Waals surface area contributed by atoms with Gasteiger partial charge >= 0.3 is 0 Å². The van der Waals surface area contributed by atoms with Gasteiger partial charge in [0.05, 0.1) is 24.2 Å². The van der Waals surface area contributed by atoms with Crippen LogP contribution in [0.5, 0.6) is 5.75 Å². The fourth-order valence-corrected chi connectivity index (χ4v) is 1.67. The molecule has 0 aliphatic heterocycles. The lowest BCUT2D eigenvalue weighted by molar-refractivity contribution is 0.304. The molecule has 0 saturated heterocycles. The van der Waals surface area contributed by atoms with E-state index in [2.05, 4.69) is 9.71 Å². The lowest BCUT2D eigenvalue weighted by atomic mass is 10.4. The lowest BCUT2D eigenvalue weighted by Gasteiger charge is -2.11. The van der Waals surface area contributed by atoms with Gasteiger partial charge in [0.2, 0.25) is 10.0 Å². The Morgan fingerprint density at radius 1 is 1.56 bits per heavy atom. The van der Waals surface area contributed by atoms with E-state index in [0.717, 1.165) is 19.1 Å². The SMILES string of the molecule is CS(=O)(=O)Nc1ncc(N)cc1OC1CC1. The Morgan fingerprint density at radius 3 is 2.81 bits per heavy atom. The summed E-state index contributed by atoms with van der Waals surface area (Å²) in [6.45, 7) is 0. The Morgan fingerprint density at radius 2 is 2.25 bits per heavy atom. The van der Waals surface area contributed by atoms with Crippen LogP contribution in [0.4, 0.5) is 11.5 Å². The number of ether oxygens (including phenoxy) is 1. The maximum atomic E-state index is 11.1. The van der Waals surface area contributed by atoms with Crippen LogP contribution in [0.2, 0.25) is 0 Å². The first-order chi connectivity index (χ1) is 7.44. The standard InChI is InChI=1S/C9H13N3O3S/c1-16(13,14)12-9-8(15-7-2-3-7)4-6(10)5-11-9/h4-5,7H,2-3,10H2,1H3,(H,11,12). The van der Waals surface area contributed by atoms with E-state index in [-0.39, 0.29) is 11.9 Å². The summed E-state index contributed by atoms with van der Waals surface area (Å²) in [6.07, 6.45) is 4.56. The van der Waals surface area contributed by atoms with Gasteiger partial charge in [-0.2, -0.15) is 0 Å². The molecule has 1 aromatic rings. The van der Waals surface area contributed by atoms with Crippen LogP contribution in [0.15, 0.2) is 12.3 Å². The average Bonchev–Trinajstić information content (AvgIpc) is 2.91. The highest BCUT2D eigenvalue weighted by Gasteiger charge is 2.25. The molecule has 1 aliphatic carbocycles. The molecule has 0 bridgehead atoms. The summed E-state index contributed by atoms with van der Waals surface area (Å²) in [5, 5.41) is 0. The fourth-order valence-electron chi connectivity index (χ4n) is 1.17. The van der Waals surface area contributed by atoms with Gasteiger partial charge in [0.15, 0.2) is 11.6 Å². The fraction of sp³-hybridized carbons (Fsp3) is 0.444. The topological polar surface area (TPSA) is 94.3 Å². The zero-order chi connectivity index (χ0) is 11.8. The van der Waals surface area contributed by atoms with Crippen molar-refractivity contribution < 1.29 is 13.2 Å². The van der Waals surface area contributed by atoms with Gasteiger partial charge in [-0.3, -0.25) is 4.72 Å². The van der Waals surface area contributed by atoms with Crippen molar-refractivity contribution >= 4 is 21.5 Å². The first kappa shape index (κ1) is 11.0. The summed E-state index contributed by atoms with van der Waals surface area (Å²) in [5.41, 5.74) is 6.01. The van der Waals surface area contributed by atoms with Crippen molar-refractivity contribution in [1.82, 2.24) is 4.98 Å². The number of nitrogens with zero attached hydrogens (tertiary/aromatic N) is 1. The predicted molar refractivity (Wildman–Crippen MR) is 60.8 cm³/mol. The molecule has 2 rings (SSSR count). The van der Waals surface area contributed by atoms with E-state index in [0.29, 0.717) is 11.4 Å². The molecule has 0 unspecified atom stereocenters. The molecule has 88 valence electrons. The minimum atomic E-state index is -3.36. The van der Waals surface area contributed by atoms with Gasteiger partial charge in [-0.05, 0) is 12.8 Å². The summed E-state index contributed by atoms with van der Waals surface area (Å²) in [6, 6.07) is 1.57. The maximum Gasteiger partial charge on any atom is 0.231 e. The third-order valence-electron chi connectivity index (χ3n) is 1.97. The number of rotatable bonds is 4. The maximum absolute atomic E-state index is 11.1. The van der Waals surface area contributed by atoms with E-state index in [4.69, 9.17) is 10.5 Å². The van der Waals surface area contributed by atoms with Crippen LogP contribution < -0.4 is 15.2 Å². The van der Waals surface area contributed by atoms with Gasteiger partial charge in [0, 0.05) is 6.07 Å². The zero-order valence-electron chi connectivity index (χ0n) is 8.80. The normalized spacial score (nSPS) is 15.8. The largest absolute Gasteiger partial charge is 0.486 e. The molecule has 1 fully saturated rings. The van der Waals surface area contributed by atoms with Crippen molar-refractivity contribution in [2.45, 2.75) is 18.9 Å². The number of nitrogens with one attached hydrogen (secondary N) is 1. The molecule has 1 heterocycles. The summed E-state index contributed by atoms with van der Waals surface area (Å²) < 4.78 is 30.0. The molecule has 0 amide bonds. The van der Waals surface area contributed by atoms with E-state index in [9.17, 15) is 8.42 Å². The second-order valence-electron chi connectivity index (χ2n) is 3.81. The number of sulfonamides is 1. The van der Waals surface area contributed by atoms with E-state index in [1.807, 2.05) is 0 Å². The van der Waals surface area contributed by atoms with Crippen molar-refractivity contribution in [2.75, 3.05) is 16.7 Å². The molecule has 1 aliphatic rings. The Hall–Kier alpha value is -1.50. The third-order valence-corrected chi connectivity index (χ3v) is 2.54. The van der Waals surface area contributed by atoms with Crippen LogP contribution in [0, 0.1) is 0 Å². The molecule has 0 spiro atoms. The number of anilines is 2. The van der Waals surface area contributed by atoms with Crippen LogP contribution in [0.1, 0.15) is 12.8 Å². The number of nitrogens with two attached hydrogens (primary N) is 1. The molecule has 0 radical (unpaired) electrons. The Bertz CT molecular complexity index is 497. The van der Waals surface area contributed by atoms with Crippen LogP contribution in [0.3, 0.4) is 0 Å². The lowest BCUT2D eigenvalue weighted by Crippen LogP contribution is -2.13. The van der Waals surface area contributed by atoms with Crippen LogP contribution in [-0.4, -0.2) is 25.8 Å². The van der Waals surface area contributed by atoms with E-state index < -0.39 is 10.0 Å². The molecule has 3 N–H and O–H groups in total. The molecule has 1 aromatic heterocycles. The quantitative estimate of drug-likeness (QED) is 0.806. The van der Waals surface area contributed by atoms with Crippen LogP contribution >= 0.6 is 0 Å². The number of nitrogen functional groups attached to an aromatic ring is 1. The third kappa shape index (κ3) is 2.99. The number of hydrogen-bond acceptors (Lipinski definition) is 5. The molecular formula is C9H13N3O3S. The number of aromatic nitrogens is 1. The molecule has 0 atom stereocenters. The monoisotopic (exact) mass is 243 g/mol. The van der Waals surface area contributed by atoms with E-state index in [1.54, 1.807) is 6.07 Å². The highest BCUT2D eigenvalue weighted by molar-refractivity contribution is 7.92. The average molecular weight is 243 g/mol. The van der Waals surface area contributed by atoms with Gasteiger partial charge in [0.25, 0.3) is 0 Å². The van der Waals surface area contributed by atoms with E-state index >= 15 is 0 Å². The predicted octanol–water partition coefficient (Wildman–Crippen LogP) is 0.576. The van der Waals surface area contributed by atoms with E-state index in [1.165, 1.54) is 6.20 Å². The van der Waals surface area contributed by atoms with Crippen LogP contribution in [-0.2, 0) is 10.0 Å². The van der Waals surface area contributed by atoms with Crippen LogP contribution in [0.25, 0.3) is 0 Å². The Kier molecular flexibility index (Phi) is 2.63. The second kappa shape index (κ2) is 3.82. The van der Waals surface area contributed by atoms with Gasteiger partial charge in [0.1, 0.15) is 0 Å². The number of hydrogen-bond donors (Lipinski definition) is 2. The molecule has 6 nitrogen and oxygen atoms in total. The first-order valence-electron chi connectivity index (χ1n) is 4.84. The first-order valence-corrected chi connectivity index (χ1v) is 6.73. The van der Waals surface area contributed by atoms with Gasteiger partial charge in [-0.25, -0.2) is 13.4 Å². The van der Waals surface area contributed by atoms with Gasteiger partial charge < -0.3 is 10.5 Å². The minimum Gasteiger partial charge on any atom is -0.486 e. The minimum absolute atomic E-state index is 0.156. The molecule has 0 aromatic carbocycles. The highest BCUT2D eigenvalue weighted by Crippen LogP contribution is 2.32. The number of pyridine rings is 1. The molecular weight excluding hydrogens is 230 g/mol. The van der Waals surface area contributed by atoms with Crippen molar-refractivity contribution in [3.8, 4) is 5.75 Å². The molecule has 7 heteroatoms. The van der Waals surface area contributed by atoms with Crippen molar-refractivity contribution in [2.24, 2.45) is 0 Å².